The van der Waals surface area contributed by atoms with Gasteiger partial charge >= 0.3 is 14.2 Å². The molecule has 0 amide bonds. The van der Waals surface area contributed by atoms with Crippen LogP contribution in [0.15, 0.2) is 11.0 Å². The molecule has 4 nitrogen and oxygen atoms in total. The molecule has 0 saturated carbocycles. The number of alkyl halides is 3. The van der Waals surface area contributed by atoms with Crippen LogP contribution in [0, 0.1) is 10.8 Å². The Morgan fingerprint density at radius 1 is 0.743 bits per heavy atom. The fourth-order valence-electron chi connectivity index (χ4n) is 3.15. The zero-order chi connectivity index (χ0) is 28.3. The van der Waals surface area contributed by atoms with Crippen LogP contribution in [0.4, 0.5) is 0 Å². The molecule has 2 aliphatic heterocycles. The van der Waals surface area contributed by atoms with E-state index in [9.17, 15) is 0 Å². The van der Waals surface area contributed by atoms with Gasteiger partial charge in [-0.15, -0.1) is 34.8 Å². The Kier molecular flexibility index (Phi) is 13.1. The Morgan fingerprint density at radius 2 is 1.06 bits per heavy atom. The topological polar surface area (TPSA) is 36.9 Å². The lowest BCUT2D eigenvalue weighted by atomic mass is 9.75. The normalized spacial score (nSPS) is 23.8. The summed E-state index contributed by atoms with van der Waals surface area (Å²) in [4.78, 5) is 0.631. The number of hydrogen-bond acceptors (Lipinski definition) is 4. The van der Waals surface area contributed by atoms with Gasteiger partial charge in [-0.25, -0.2) is 0 Å². The van der Waals surface area contributed by atoms with Gasteiger partial charge in [0.05, 0.1) is 33.0 Å². The monoisotopic (exact) mass is 574 g/mol. The van der Waals surface area contributed by atoms with Crippen molar-refractivity contribution in [3.8, 4) is 0 Å². The highest BCUT2D eigenvalue weighted by Gasteiger charge is 2.54. The second kappa shape index (κ2) is 12.8. The molecule has 35 heavy (non-hydrogen) atoms. The largest absolute Gasteiger partial charge is 0.506 e. The Labute approximate surface area is 236 Å². The predicted molar refractivity (Wildman–Crippen MR) is 156 cm³/mol. The molecule has 1 atom stereocenters. The van der Waals surface area contributed by atoms with Crippen LogP contribution in [0.25, 0.3) is 0 Å². The van der Waals surface area contributed by atoms with Crippen LogP contribution >= 0.6 is 46.4 Å². The van der Waals surface area contributed by atoms with Crippen molar-refractivity contribution in [1.29, 1.82) is 0 Å². The first-order valence-electron chi connectivity index (χ1n) is 12.2. The molecule has 1 unspecified atom stereocenters. The minimum Gasteiger partial charge on any atom is -0.402 e. The fourth-order valence-corrected chi connectivity index (χ4v) is 4.14. The maximum Gasteiger partial charge on any atom is 0.506 e. The van der Waals surface area contributed by atoms with Gasteiger partial charge in [-0.3, -0.25) is 0 Å². The second-order valence-corrected chi connectivity index (χ2v) is 15.3. The first-order chi connectivity index (χ1) is 15.3. The molecular weight excluding hydrogens is 528 g/mol. The molecule has 10 heteroatoms. The summed E-state index contributed by atoms with van der Waals surface area (Å²) in [6.45, 7) is 29.1. The van der Waals surface area contributed by atoms with E-state index < -0.39 is 7.12 Å². The van der Waals surface area contributed by atoms with Gasteiger partial charge in [0, 0.05) is 4.93 Å². The smallest absolute Gasteiger partial charge is 0.402 e. The van der Waals surface area contributed by atoms with E-state index in [0.29, 0.717) is 4.93 Å². The average molecular weight is 576 g/mol. The highest BCUT2D eigenvalue weighted by atomic mass is 35.5. The van der Waals surface area contributed by atoms with Crippen molar-refractivity contribution in [1.82, 2.24) is 0 Å². The number of allylic oxidation sites excluding steroid dienone is 1. The molecule has 2 aliphatic rings. The summed E-state index contributed by atoms with van der Waals surface area (Å²) in [6.07, 6.45) is 2.86. The van der Waals surface area contributed by atoms with Crippen molar-refractivity contribution in [2.75, 3.05) is 5.34 Å². The molecule has 0 aromatic heterocycles. The number of hydrogen-bond donors (Lipinski definition) is 0. The van der Waals surface area contributed by atoms with E-state index in [1.807, 2.05) is 61.5 Å². The Hall–Kier alpha value is 0.870. The van der Waals surface area contributed by atoms with Crippen molar-refractivity contribution in [2.24, 2.45) is 10.8 Å². The third-order valence-corrected chi connectivity index (χ3v) is 7.07. The summed E-state index contributed by atoms with van der Waals surface area (Å²) in [5.74, 6) is 0. The summed E-state index contributed by atoms with van der Waals surface area (Å²) in [6, 6.07) is 0. The van der Waals surface area contributed by atoms with Gasteiger partial charge in [-0.05, 0) is 72.6 Å². The zero-order valence-corrected chi connectivity index (χ0v) is 27.4. The maximum absolute atomic E-state index is 6.38. The van der Waals surface area contributed by atoms with Crippen LogP contribution in [-0.2, 0) is 18.6 Å². The quantitative estimate of drug-likeness (QED) is 0.249. The van der Waals surface area contributed by atoms with Gasteiger partial charge in [0.1, 0.15) is 0 Å². The maximum atomic E-state index is 6.38. The lowest BCUT2D eigenvalue weighted by Gasteiger charge is -2.32. The van der Waals surface area contributed by atoms with Crippen molar-refractivity contribution in [3.05, 3.63) is 11.0 Å². The molecule has 0 aliphatic carbocycles. The van der Waals surface area contributed by atoms with E-state index in [0.717, 1.165) is 6.42 Å². The van der Waals surface area contributed by atoms with Crippen LogP contribution in [0.5, 0.6) is 0 Å². The fraction of sp³-hybridized carbons (Fsp3) is 0.920. The van der Waals surface area contributed by atoms with Crippen LogP contribution in [0.2, 0.25) is 0 Å². The molecule has 2 heterocycles. The second-order valence-electron chi connectivity index (χ2n) is 13.5. The highest BCUT2D eigenvalue weighted by molar-refractivity contribution is 6.69. The zero-order valence-electron chi connectivity index (χ0n) is 24.4. The molecule has 0 aromatic rings. The van der Waals surface area contributed by atoms with Crippen LogP contribution in [0.1, 0.15) is 103 Å². The van der Waals surface area contributed by atoms with Gasteiger partial charge in [0.2, 0.25) is 0 Å². The van der Waals surface area contributed by atoms with E-state index in [1.165, 1.54) is 0 Å². The van der Waals surface area contributed by atoms with Crippen LogP contribution in [-0.4, -0.2) is 47.3 Å². The average Bonchev–Trinajstić information content (AvgIpc) is 2.93. The summed E-state index contributed by atoms with van der Waals surface area (Å²) in [5.41, 5.74) is -1.02. The Balaban J connectivity index is 0.000000594. The van der Waals surface area contributed by atoms with Gasteiger partial charge in [-0.2, -0.15) is 0 Å². The summed E-state index contributed by atoms with van der Waals surface area (Å²) >= 11 is 22.1. The highest BCUT2D eigenvalue weighted by Crippen LogP contribution is 2.41. The third-order valence-electron chi connectivity index (χ3n) is 6.42. The van der Waals surface area contributed by atoms with Crippen LogP contribution < -0.4 is 0 Å². The van der Waals surface area contributed by atoms with Gasteiger partial charge in [0.15, 0.2) is 0 Å². The number of rotatable bonds is 3. The van der Waals surface area contributed by atoms with Crippen molar-refractivity contribution in [2.45, 2.75) is 131 Å². The van der Waals surface area contributed by atoms with Gasteiger partial charge in [-0.1, -0.05) is 59.2 Å². The van der Waals surface area contributed by atoms with Crippen molar-refractivity contribution in [3.63, 3.8) is 0 Å². The van der Waals surface area contributed by atoms with Crippen molar-refractivity contribution >= 4 is 60.6 Å². The van der Waals surface area contributed by atoms with Gasteiger partial charge < -0.3 is 18.6 Å². The summed E-state index contributed by atoms with van der Waals surface area (Å²) in [7, 11) is -0.739. The molecule has 2 rings (SSSR count). The van der Waals surface area contributed by atoms with E-state index in [1.54, 1.807) is 0 Å². The van der Waals surface area contributed by atoms with E-state index in [4.69, 9.17) is 65.0 Å². The number of halogens is 4. The minimum atomic E-state index is -0.439. The SMILES string of the molecule is CC(C)(C)/C=C(/Cl)B1OC(C)(C)C(C)(C)O1.CC(C)(C)CC(Cl)B1OC(C)(C)C(C)(C)O1.ClCCl. The van der Waals surface area contributed by atoms with Crippen LogP contribution in [0.3, 0.4) is 0 Å². The lowest BCUT2D eigenvalue weighted by molar-refractivity contribution is 0.00578. The summed E-state index contributed by atoms with van der Waals surface area (Å²) in [5, 5.41) is 0.0982. The Morgan fingerprint density at radius 3 is 1.34 bits per heavy atom. The molecule has 0 radical (unpaired) electrons. The first-order valence-corrected chi connectivity index (χ1v) is 14.0. The third kappa shape index (κ3) is 11.6. The predicted octanol–water partition coefficient (Wildman–Crippen LogP) is 8.87. The van der Waals surface area contributed by atoms with E-state index in [2.05, 4.69) is 41.5 Å². The van der Waals surface area contributed by atoms with E-state index in [-0.39, 0.29) is 51.0 Å². The molecule has 2 saturated heterocycles. The first kappa shape index (κ1) is 35.9. The molecule has 206 valence electrons. The molecule has 0 aromatic carbocycles. The minimum absolute atomic E-state index is 0.0285. The molecule has 0 bridgehead atoms. The summed E-state index contributed by atoms with van der Waals surface area (Å²) < 4.78 is 23.5. The molecule has 0 spiro atoms. The van der Waals surface area contributed by atoms with Gasteiger partial charge in [0.25, 0.3) is 0 Å². The molecule has 2 fully saturated rings. The van der Waals surface area contributed by atoms with E-state index >= 15 is 0 Å². The Bertz CT molecular complexity index is 667. The van der Waals surface area contributed by atoms with Crippen molar-refractivity contribution < 1.29 is 18.6 Å². The standard InChI is InChI=1S/C12H24BClO2.C12H22BClO2.CH2Cl2/c2*1-10(2,3)8-9(14)13-15-11(4,5)12(6,7)16-13;2-1-3/h9H,8H2,1-7H3;8H,1-7H3;1H2/b;9-8+;. The molecule has 0 N–H and O–H groups in total. The lowest BCUT2D eigenvalue weighted by Crippen LogP contribution is -2.41. The molecular formula is C25H48B2Cl4O4.